The van der Waals surface area contributed by atoms with Crippen molar-refractivity contribution in [2.45, 2.75) is 32.6 Å². The molecule has 2 amide bonds. The van der Waals surface area contributed by atoms with Gasteiger partial charge in [-0.2, -0.15) is 0 Å². The first kappa shape index (κ1) is 18.7. The molecule has 0 spiro atoms. The monoisotopic (exact) mass is 376 g/mol. The van der Waals surface area contributed by atoms with Gasteiger partial charge >= 0.3 is 0 Å². The highest BCUT2D eigenvalue weighted by Crippen LogP contribution is 2.34. The maximum Gasteiger partial charge on any atom is 0.253 e. The maximum absolute atomic E-state index is 13.0. The molecule has 2 unspecified atom stereocenters. The van der Waals surface area contributed by atoms with E-state index in [9.17, 15) is 9.59 Å². The molecular formula is C24H28N2O2. The molecule has 1 aliphatic carbocycles. The molecule has 0 aromatic heterocycles. The average Bonchev–Trinajstić information content (AvgIpc) is 3.43. The summed E-state index contributed by atoms with van der Waals surface area (Å²) in [4.78, 5) is 27.8. The lowest BCUT2D eigenvalue weighted by molar-refractivity contribution is -0.125. The van der Waals surface area contributed by atoms with E-state index < -0.39 is 0 Å². The van der Waals surface area contributed by atoms with Gasteiger partial charge in [-0.3, -0.25) is 9.59 Å². The number of aryl methyl sites for hydroxylation is 2. The Labute approximate surface area is 166 Å². The molecule has 0 bridgehead atoms. The molecule has 4 nitrogen and oxygen atoms in total. The van der Waals surface area contributed by atoms with Crippen molar-refractivity contribution in [3.63, 3.8) is 0 Å². The van der Waals surface area contributed by atoms with Crippen LogP contribution in [0.2, 0.25) is 0 Å². The standard InChI is InChI=1S/C24H28N2O2/c1-16-3-9-19(10-4-16)21-14-26(24(28)20-11-5-17(2)6-12-20)15-22(21)23(27)25-13-18-7-8-18/h3-6,9-12,18,21-22H,7-8,13-15H2,1-2H3,(H,25,27). The number of hydrogen-bond acceptors (Lipinski definition) is 2. The number of hydrogen-bond donors (Lipinski definition) is 1. The molecule has 2 aliphatic rings. The zero-order valence-corrected chi connectivity index (χ0v) is 16.7. The van der Waals surface area contributed by atoms with Crippen molar-refractivity contribution in [2.75, 3.05) is 19.6 Å². The Balaban J connectivity index is 1.54. The van der Waals surface area contributed by atoms with Gasteiger partial charge in [-0.25, -0.2) is 0 Å². The van der Waals surface area contributed by atoms with E-state index in [4.69, 9.17) is 0 Å². The van der Waals surface area contributed by atoms with Gasteiger partial charge in [0, 0.05) is 31.1 Å². The molecular weight excluding hydrogens is 348 g/mol. The van der Waals surface area contributed by atoms with Crippen LogP contribution >= 0.6 is 0 Å². The van der Waals surface area contributed by atoms with Crippen LogP contribution in [0.5, 0.6) is 0 Å². The molecule has 1 saturated heterocycles. The zero-order chi connectivity index (χ0) is 19.7. The molecule has 2 aromatic carbocycles. The van der Waals surface area contributed by atoms with Crippen molar-refractivity contribution in [3.8, 4) is 0 Å². The summed E-state index contributed by atoms with van der Waals surface area (Å²) in [5.41, 5.74) is 4.15. The van der Waals surface area contributed by atoms with Crippen LogP contribution in [0.3, 0.4) is 0 Å². The van der Waals surface area contributed by atoms with Crippen molar-refractivity contribution < 1.29 is 9.59 Å². The van der Waals surface area contributed by atoms with Gasteiger partial charge < -0.3 is 10.2 Å². The van der Waals surface area contributed by atoms with Gasteiger partial charge in [0.15, 0.2) is 0 Å². The summed E-state index contributed by atoms with van der Waals surface area (Å²) in [6.45, 7) is 5.89. The number of rotatable bonds is 5. The Hall–Kier alpha value is -2.62. The largest absolute Gasteiger partial charge is 0.356 e. The molecule has 1 aliphatic heterocycles. The highest BCUT2D eigenvalue weighted by Gasteiger charge is 2.40. The van der Waals surface area contributed by atoms with Crippen LogP contribution in [-0.2, 0) is 4.79 Å². The summed E-state index contributed by atoms with van der Waals surface area (Å²) in [5, 5.41) is 3.13. The number of benzene rings is 2. The van der Waals surface area contributed by atoms with Crippen LogP contribution in [-0.4, -0.2) is 36.3 Å². The Morgan fingerprint density at radius 1 is 0.929 bits per heavy atom. The number of carbonyl (C=O) groups is 2. The maximum atomic E-state index is 13.0. The molecule has 1 saturated carbocycles. The molecule has 1 N–H and O–H groups in total. The van der Waals surface area contributed by atoms with Gasteiger partial charge in [0.25, 0.3) is 5.91 Å². The summed E-state index contributed by atoms with van der Waals surface area (Å²) >= 11 is 0. The van der Waals surface area contributed by atoms with Crippen molar-refractivity contribution in [3.05, 3.63) is 70.8 Å². The number of nitrogens with zero attached hydrogens (tertiary/aromatic N) is 1. The second-order valence-electron chi connectivity index (χ2n) is 8.39. The van der Waals surface area contributed by atoms with Crippen molar-refractivity contribution in [1.29, 1.82) is 0 Å². The lowest BCUT2D eigenvalue weighted by Crippen LogP contribution is -2.36. The zero-order valence-electron chi connectivity index (χ0n) is 16.7. The molecule has 4 heteroatoms. The number of likely N-dealkylation sites (tertiary alicyclic amines) is 1. The molecule has 4 rings (SSSR count). The third kappa shape index (κ3) is 4.11. The van der Waals surface area contributed by atoms with Crippen LogP contribution in [0, 0.1) is 25.7 Å². The third-order valence-electron chi connectivity index (χ3n) is 6.01. The quantitative estimate of drug-likeness (QED) is 0.865. The summed E-state index contributed by atoms with van der Waals surface area (Å²) in [6.07, 6.45) is 2.43. The lowest BCUT2D eigenvalue weighted by atomic mass is 9.88. The Bertz CT molecular complexity index is 853. The second kappa shape index (κ2) is 7.78. The van der Waals surface area contributed by atoms with E-state index in [0.717, 1.165) is 17.7 Å². The molecule has 2 fully saturated rings. The van der Waals surface area contributed by atoms with E-state index in [1.807, 2.05) is 36.1 Å². The van der Waals surface area contributed by atoms with Crippen LogP contribution in [0.1, 0.15) is 45.8 Å². The van der Waals surface area contributed by atoms with Crippen LogP contribution in [0.25, 0.3) is 0 Å². The number of nitrogens with one attached hydrogen (secondary N) is 1. The van der Waals surface area contributed by atoms with E-state index in [2.05, 4.69) is 36.5 Å². The van der Waals surface area contributed by atoms with Gasteiger partial charge in [0.1, 0.15) is 0 Å². The van der Waals surface area contributed by atoms with Crippen molar-refractivity contribution in [1.82, 2.24) is 10.2 Å². The Morgan fingerprint density at radius 3 is 2.14 bits per heavy atom. The molecule has 2 atom stereocenters. The minimum absolute atomic E-state index is 0.00889. The molecule has 146 valence electrons. The van der Waals surface area contributed by atoms with Crippen molar-refractivity contribution >= 4 is 11.8 Å². The predicted octanol–water partition coefficient (Wildman–Crippen LogP) is 3.69. The summed E-state index contributed by atoms with van der Waals surface area (Å²) in [7, 11) is 0. The smallest absolute Gasteiger partial charge is 0.253 e. The summed E-state index contributed by atoms with van der Waals surface area (Å²) in [6, 6.07) is 16.0. The molecule has 1 heterocycles. The third-order valence-corrected chi connectivity index (χ3v) is 6.01. The Kier molecular flexibility index (Phi) is 5.21. The minimum atomic E-state index is -0.198. The molecule has 2 aromatic rings. The van der Waals surface area contributed by atoms with E-state index in [1.165, 1.54) is 18.4 Å². The minimum Gasteiger partial charge on any atom is -0.356 e. The first-order chi connectivity index (χ1) is 13.5. The lowest BCUT2D eigenvalue weighted by Gasteiger charge is -2.18. The molecule has 28 heavy (non-hydrogen) atoms. The van der Waals surface area contributed by atoms with Gasteiger partial charge in [0.2, 0.25) is 5.91 Å². The van der Waals surface area contributed by atoms with Crippen LogP contribution in [0.15, 0.2) is 48.5 Å². The van der Waals surface area contributed by atoms with Crippen LogP contribution < -0.4 is 5.32 Å². The highest BCUT2D eigenvalue weighted by molar-refractivity contribution is 5.95. The second-order valence-corrected chi connectivity index (χ2v) is 8.39. The van der Waals surface area contributed by atoms with E-state index in [-0.39, 0.29) is 23.7 Å². The van der Waals surface area contributed by atoms with E-state index in [1.54, 1.807) is 0 Å². The number of amides is 2. The summed E-state index contributed by atoms with van der Waals surface area (Å²) in [5.74, 6) is 0.574. The highest BCUT2D eigenvalue weighted by atomic mass is 16.2. The summed E-state index contributed by atoms with van der Waals surface area (Å²) < 4.78 is 0. The van der Waals surface area contributed by atoms with Gasteiger partial charge in [0.05, 0.1) is 5.92 Å². The van der Waals surface area contributed by atoms with Crippen LogP contribution in [0.4, 0.5) is 0 Å². The fourth-order valence-corrected chi connectivity index (χ4v) is 3.96. The fraction of sp³-hybridized carbons (Fsp3) is 0.417. The normalized spacial score (nSPS) is 21.6. The van der Waals surface area contributed by atoms with E-state index >= 15 is 0 Å². The average molecular weight is 377 g/mol. The SMILES string of the molecule is Cc1ccc(C(=O)N2CC(C(=O)NCC3CC3)C(c3ccc(C)cc3)C2)cc1. The topological polar surface area (TPSA) is 49.4 Å². The predicted molar refractivity (Wildman–Crippen MR) is 110 cm³/mol. The molecule has 0 radical (unpaired) electrons. The first-order valence-corrected chi connectivity index (χ1v) is 10.2. The fourth-order valence-electron chi connectivity index (χ4n) is 3.96. The van der Waals surface area contributed by atoms with Gasteiger partial charge in [-0.15, -0.1) is 0 Å². The van der Waals surface area contributed by atoms with Gasteiger partial charge in [-0.1, -0.05) is 47.5 Å². The van der Waals surface area contributed by atoms with Gasteiger partial charge in [-0.05, 0) is 50.3 Å². The first-order valence-electron chi connectivity index (χ1n) is 10.2. The van der Waals surface area contributed by atoms with Crippen molar-refractivity contribution in [2.24, 2.45) is 11.8 Å². The Morgan fingerprint density at radius 2 is 1.54 bits per heavy atom. The number of carbonyl (C=O) groups excluding carboxylic acids is 2. The van der Waals surface area contributed by atoms with E-state index in [0.29, 0.717) is 24.6 Å².